The molecule has 0 aromatic carbocycles. The van der Waals surface area contributed by atoms with E-state index in [-0.39, 0.29) is 16.7 Å². The normalized spacial score (nSPS) is 44.7. The van der Waals surface area contributed by atoms with Gasteiger partial charge < -0.3 is 5.73 Å². The standard InChI is InChI=1S/C22H31NO2/c1-21-12-10-19-17(18(21)7-4-14(21)5-8-20(23)25)6-3-15-13-16(24)9-11-22(15,19)2/h5,13,17-19H,3-4,6-12H2,1-2H3,(H2,23,25)/t17-,18-,19-,21+,22-/m0/s1. The third kappa shape index (κ3) is 2.53. The molecule has 0 aromatic rings. The number of amides is 1. The maximum Gasteiger partial charge on any atom is 0.221 e. The topological polar surface area (TPSA) is 60.2 Å². The summed E-state index contributed by atoms with van der Waals surface area (Å²) in [5.41, 5.74) is 8.81. The number of rotatable bonds is 2. The van der Waals surface area contributed by atoms with E-state index in [9.17, 15) is 9.59 Å². The molecule has 5 atom stereocenters. The fourth-order valence-electron chi connectivity index (χ4n) is 6.97. The lowest BCUT2D eigenvalue weighted by Gasteiger charge is -2.57. The van der Waals surface area contributed by atoms with Crippen LogP contribution in [0.2, 0.25) is 0 Å². The van der Waals surface area contributed by atoms with Gasteiger partial charge in [0, 0.05) is 12.8 Å². The summed E-state index contributed by atoms with van der Waals surface area (Å²) < 4.78 is 0. The maximum absolute atomic E-state index is 11.9. The van der Waals surface area contributed by atoms with Gasteiger partial charge in [0.25, 0.3) is 0 Å². The van der Waals surface area contributed by atoms with Gasteiger partial charge in [-0.2, -0.15) is 0 Å². The summed E-state index contributed by atoms with van der Waals surface area (Å²) >= 11 is 0. The minimum absolute atomic E-state index is 0.222. The monoisotopic (exact) mass is 341 g/mol. The number of primary amides is 1. The molecule has 3 heteroatoms. The van der Waals surface area contributed by atoms with E-state index >= 15 is 0 Å². The molecule has 4 aliphatic carbocycles. The first-order valence-corrected chi connectivity index (χ1v) is 10.1. The number of fused-ring (bicyclic) bond motifs is 5. The lowest BCUT2D eigenvalue weighted by Crippen LogP contribution is -2.49. The van der Waals surface area contributed by atoms with E-state index in [0.717, 1.165) is 43.4 Å². The van der Waals surface area contributed by atoms with Crippen molar-refractivity contribution < 1.29 is 9.59 Å². The Bertz CT molecular complexity index is 676. The lowest BCUT2D eigenvalue weighted by molar-refractivity contribution is -0.118. The van der Waals surface area contributed by atoms with Gasteiger partial charge in [0.05, 0.1) is 0 Å². The fraction of sp³-hybridized carbons (Fsp3) is 0.727. The summed E-state index contributed by atoms with van der Waals surface area (Å²) in [5, 5.41) is 0. The zero-order valence-corrected chi connectivity index (χ0v) is 15.6. The van der Waals surface area contributed by atoms with Crippen molar-refractivity contribution in [1.82, 2.24) is 0 Å². The number of ketones is 1. The van der Waals surface area contributed by atoms with E-state index in [4.69, 9.17) is 5.73 Å². The Morgan fingerprint density at radius 2 is 1.88 bits per heavy atom. The van der Waals surface area contributed by atoms with Gasteiger partial charge in [0.2, 0.25) is 5.91 Å². The van der Waals surface area contributed by atoms with Crippen LogP contribution in [0.15, 0.2) is 23.3 Å². The SMILES string of the molecule is C[C@]12CCC(=O)C=C1CC[C@@H]1[C@@H]2CC[C@]2(C)C(=CCC(N)=O)CC[C@@H]12. The summed E-state index contributed by atoms with van der Waals surface area (Å²) in [5.74, 6) is 2.35. The predicted octanol–water partition coefficient (Wildman–Crippen LogP) is 4.32. The van der Waals surface area contributed by atoms with Crippen molar-refractivity contribution >= 4 is 11.7 Å². The molecule has 3 saturated carbocycles. The fourth-order valence-corrected chi connectivity index (χ4v) is 6.97. The van der Waals surface area contributed by atoms with Crippen LogP contribution < -0.4 is 5.73 Å². The molecule has 0 radical (unpaired) electrons. The molecule has 0 unspecified atom stereocenters. The summed E-state index contributed by atoms with van der Waals surface area (Å²) in [4.78, 5) is 23.1. The van der Waals surface area contributed by atoms with Crippen LogP contribution in [-0.2, 0) is 9.59 Å². The number of nitrogens with two attached hydrogens (primary N) is 1. The second-order valence-electron chi connectivity index (χ2n) is 9.36. The molecule has 0 saturated heterocycles. The van der Waals surface area contributed by atoms with Crippen molar-refractivity contribution in [2.45, 2.75) is 71.6 Å². The number of allylic oxidation sites excluding steroid dienone is 2. The highest BCUT2D eigenvalue weighted by atomic mass is 16.1. The molecule has 4 rings (SSSR count). The number of hydrogen-bond donors (Lipinski definition) is 1. The Balaban J connectivity index is 1.62. The lowest BCUT2D eigenvalue weighted by atomic mass is 9.47. The van der Waals surface area contributed by atoms with Gasteiger partial charge in [-0.25, -0.2) is 0 Å². The Hall–Kier alpha value is -1.38. The van der Waals surface area contributed by atoms with Crippen LogP contribution >= 0.6 is 0 Å². The van der Waals surface area contributed by atoms with Gasteiger partial charge in [-0.3, -0.25) is 9.59 Å². The molecule has 0 spiro atoms. The average Bonchev–Trinajstić information content (AvgIpc) is 2.90. The van der Waals surface area contributed by atoms with Crippen molar-refractivity contribution in [3.63, 3.8) is 0 Å². The molecule has 0 heterocycles. The Kier molecular flexibility index (Phi) is 3.97. The molecule has 0 aromatic heterocycles. The van der Waals surface area contributed by atoms with Crippen LogP contribution in [0.25, 0.3) is 0 Å². The second-order valence-corrected chi connectivity index (χ2v) is 9.36. The van der Waals surface area contributed by atoms with E-state index in [2.05, 4.69) is 19.9 Å². The van der Waals surface area contributed by atoms with Crippen molar-refractivity contribution in [2.24, 2.45) is 34.3 Å². The van der Waals surface area contributed by atoms with Gasteiger partial charge in [0.1, 0.15) is 0 Å². The summed E-state index contributed by atoms with van der Waals surface area (Å²) in [7, 11) is 0. The molecule has 0 aliphatic heterocycles. The Morgan fingerprint density at radius 1 is 1.12 bits per heavy atom. The van der Waals surface area contributed by atoms with Crippen LogP contribution in [0.3, 0.4) is 0 Å². The smallest absolute Gasteiger partial charge is 0.221 e. The van der Waals surface area contributed by atoms with Crippen molar-refractivity contribution in [3.8, 4) is 0 Å². The Morgan fingerprint density at radius 3 is 2.64 bits per heavy atom. The molecule has 2 N–H and O–H groups in total. The molecular formula is C22H31NO2. The van der Waals surface area contributed by atoms with E-state index < -0.39 is 0 Å². The highest BCUT2D eigenvalue weighted by Crippen LogP contribution is 2.66. The van der Waals surface area contributed by atoms with Crippen molar-refractivity contribution in [1.29, 1.82) is 0 Å². The van der Waals surface area contributed by atoms with E-state index in [1.165, 1.54) is 36.8 Å². The largest absolute Gasteiger partial charge is 0.369 e. The first-order chi connectivity index (χ1) is 11.8. The van der Waals surface area contributed by atoms with Gasteiger partial charge in [-0.05, 0) is 79.6 Å². The minimum Gasteiger partial charge on any atom is -0.369 e. The van der Waals surface area contributed by atoms with Crippen molar-refractivity contribution in [2.75, 3.05) is 0 Å². The zero-order chi connectivity index (χ0) is 17.8. The van der Waals surface area contributed by atoms with Gasteiger partial charge >= 0.3 is 0 Å². The zero-order valence-electron chi connectivity index (χ0n) is 15.6. The summed E-state index contributed by atoms with van der Waals surface area (Å²) in [6.45, 7) is 4.87. The summed E-state index contributed by atoms with van der Waals surface area (Å²) in [6, 6.07) is 0. The molecule has 3 nitrogen and oxygen atoms in total. The molecule has 1 amide bonds. The third-order valence-electron chi connectivity index (χ3n) is 8.36. The first kappa shape index (κ1) is 17.1. The van der Waals surface area contributed by atoms with Crippen LogP contribution in [0.4, 0.5) is 0 Å². The van der Waals surface area contributed by atoms with Gasteiger partial charge in [-0.1, -0.05) is 31.1 Å². The molecule has 3 fully saturated rings. The number of carbonyl (C=O) groups excluding carboxylic acids is 2. The molecule has 25 heavy (non-hydrogen) atoms. The summed E-state index contributed by atoms with van der Waals surface area (Å²) in [6.07, 6.45) is 13.5. The van der Waals surface area contributed by atoms with Crippen LogP contribution in [0.5, 0.6) is 0 Å². The first-order valence-electron chi connectivity index (χ1n) is 10.1. The highest BCUT2D eigenvalue weighted by Gasteiger charge is 2.57. The highest BCUT2D eigenvalue weighted by molar-refractivity contribution is 5.91. The quantitative estimate of drug-likeness (QED) is 0.760. The van der Waals surface area contributed by atoms with Crippen LogP contribution in [0.1, 0.15) is 71.6 Å². The van der Waals surface area contributed by atoms with Crippen molar-refractivity contribution in [3.05, 3.63) is 23.3 Å². The molecule has 136 valence electrons. The third-order valence-corrected chi connectivity index (χ3v) is 8.36. The maximum atomic E-state index is 11.9. The molecule has 4 aliphatic rings. The predicted molar refractivity (Wildman–Crippen MR) is 98.6 cm³/mol. The van der Waals surface area contributed by atoms with E-state index in [1.807, 2.05) is 6.08 Å². The van der Waals surface area contributed by atoms with Gasteiger partial charge in [0.15, 0.2) is 5.78 Å². The molecular weight excluding hydrogens is 310 g/mol. The van der Waals surface area contributed by atoms with E-state index in [0.29, 0.717) is 12.2 Å². The van der Waals surface area contributed by atoms with Crippen LogP contribution in [0, 0.1) is 28.6 Å². The number of hydrogen-bond acceptors (Lipinski definition) is 2. The van der Waals surface area contributed by atoms with Crippen LogP contribution in [-0.4, -0.2) is 11.7 Å². The Labute approximate surface area is 151 Å². The molecule has 0 bridgehead atoms. The van der Waals surface area contributed by atoms with Gasteiger partial charge in [-0.15, -0.1) is 0 Å². The van der Waals surface area contributed by atoms with E-state index in [1.54, 1.807) is 0 Å². The number of carbonyl (C=O) groups is 2. The second kappa shape index (κ2) is 5.82. The minimum atomic E-state index is -0.222. The average molecular weight is 341 g/mol.